The SMILES string of the molecule is CCNC1COCC1C(=O)NC1CCCN(CC)C1. The summed E-state index contributed by atoms with van der Waals surface area (Å²) in [6.07, 6.45) is 2.28. The van der Waals surface area contributed by atoms with Gasteiger partial charge in [0, 0.05) is 18.6 Å². The Bertz CT molecular complexity index is 298. The van der Waals surface area contributed by atoms with Gasteiger partial charge in [0.1, 0.15) is 0 Å². The number of hydrogen-bond acceptors (Lipinski definition) is 4. The summed E-state index contributed by atoms with van der Waals surface area (Å²) in [5, 5.41) is 6.55. The molecule has 2 N–H and O–H groups in total. The Hall–Kier alpha value is -0.650. The first-order valence-electron chi connectivity index (χ1n) is 7.58. The molecule has 0 bridgehead atoms. The maximum absolute atomic E-state index is 12.3. The summed E-state index contributed by atoms with van der Waals surface area (Å²) in [7, 11) is 0. The molecule has 0 spiro atoms. The lowest BCUT2D eigenvalue weighted by Crippen LogP contribution is -2.51. The topological polar surface area (TPSA) is 53.6 Å². The predicted octanol–water partition coefficient (Wildman–Crippen LogP) is 0.211. The molecule has 2 aliphatic rings. The van der Waals surface area contributed by atoms with E-state index in [1.54, 1.807) is 0 Å². The molecule has 3 atom stereocenters. The van der Waals surface area contributed by atoms with E-state index < -0.39 is 0 Å². The van der Waals surface area contributed by atoms with Crippen LogP contribution in [-0.4, -0.2) is 62.3 Å². The number of nitrogens with zero attached hydrogens (tertiary/aromatic N) is 1. The van der Waals surface area contributed by atoms with Crippen LogP contribution in [0.25, 0.3) is 0 Å². The predicted molar refractivity (Wildman–Crippen MR) is 75.1 cm³/mol. The molecule has 110 valence electrons. The Labute approximate surface area is 116 Å². The first-order valence-corrected chi connectivity index (χ1v) is 7.58. The minimum absolute atomic E-state index is 0.0306. The summed E-state index contributed by atoms with van der Waals surface area (Å²) in [5.41, 5.74) is 0. The molecule has 2 heterocycles. The summed E-state index contributed by atoms with van der Waals surface area (Å²) in [6, 6.07) is 0.486. The van der Waals surface area contributed by atoms with Gasteiger partial charge in [-0.2, -0.15) is 0 Å². The molecule has 0 aromatic rings. The lowest BCUT2D eigenvalue weighted by atomic mass is 10.0. The number of rotatable bonds is 5. The van der Waals surface area contributed by atoms with Crippen molar-refractivity contribution in [1.29, 1.82) is 0 Å². The lowest BCUT2D eigenvalue weighted by molar-refractivity contribution is -0.126. The number of carbonyl (C=O) groups excluding carboxylic acids is 1. The summed E-state index contributed by atoms with van der Waals surface area (Å²) in [5.74, 6) is 0.128. The molecule has 19 heavy (non-hydrogen) atoms. The van der Waals surface area contributed by atoms with Gasteiger partial charge in [-0.1, -0.05) is 13.8 Å². The van der Waals surface area contributed by atoms with Gasteiger partial charge in [0.05, 0.1) is 19.1 Å². The molecule has 2 rings (SSSR count). The highest BCUT2D eigenvalue weighted by Gasteiger charge is 2.34. The Morgan fingerprint density at radius 2 is 2.21 bits per heavy atom. The van der Waals surface area contributed by atoms with Crippen LogP contribution < -0.4 is 10.6 Å². The van der Waals surface area contributed by atoms with Crippen LogP contribution >= 0.6 is 0 Å². The molecule has 0 saturated carbocycles. The molecule has 5 heteroatoms. The van der Waals surface area contributed by atoms with Crippen LogP contribution in [-0.2, 0) is 9.53 Å². The summed E-state index contributed by atoms with van der Waals surface area (Å²) in [4.78, 5) is 14.7. The van der Waals surface area contributed by atoms with E-state index in [4.69, 9.17) is 4.74 Å². The van der Waals surface area contributed by atoms with Crippen LogP contribution in [0.2, 0.25) is 0 Å². The first-order chi connectivity index (χ1) is 9.24. The second kappa shape index (κ2) is 7.22. The third kappa shape index (κ3) is 3.91. The second-order valence-corrected chi connectivity index (χ2v) is 5.55. The molecule has 2 aliphatic heterocycles. The highest BCUT2D eigenvalue weighted by Crippen LogP contribution is 2.16. The quantitative estimate of drug-likeness (QED) is 0.749. The summed E-state index contributed by atoms with van der Waals surface area (Å²) >= 11 is 0. The van der Waals surface area contributed by atoms with Crippen molar-refractivity contribution in [3.05, 3.63) is 0 Å². The number of carbonyl (C=O) groups is 1. The first kappa shape index (κ1) is 14.8. The van der Waals surface area contributed by atoms with Crippen LogP contribution in [0.1, 0.15) is 26.7 Å². The zero-order valence-electron chi connectivity index (χ0n) is 12.2. The van der Waals surface area contributed by atoms with Crippen LogP contribution in [0.3, 0.4) is 0 Å². The zero-order valence-corrected chi connectivity index (χ0v) is 12.2. The van der Waals surface area contributed by atoms with E-state index in [1.807, 2.05) is 0 Å². The molecule has 1 amide bonds. The van der Waals surface area contributed by atoms with Crippen LogP contribution in [0, 0.1) is 5.92 Å². The van der Waals surface area contributed by atoms with Gasteiger partial charge in [-0.25, -0.2) is 0 Å². The number of likely N-dealkylation sites (N-methyl/N-ethyl adjacent to an activating group) is 2. The molecular formula is C14H27N3O2. The zero-order chi connectivity index (χ0) is 13.7. The van der Waals surface area contributed by atoms with Crippen LogP contribution in [0.5, 0.6) is 0 Å². The van der Waals surface area contributed by atoms with Crippen LogP contribution in [0.4, 0.5) is 0 Å². The number of nitrogens with one attached hydrogen (secondary N) is 2. The van der Waals surface area contributed by atoms with E-state index in [1.165, 1.54) is 6.42 Å². The van der Waals surface area contributed by atoms with Gasteiger partial charge >= 0.3 is 0 Å². The number of amides is 1. The van der Waals surface area contributed by atoms with E-state index in [9.17, 15) is 4.79 Å². The minimum atomic E-state index is -0.0306. The number of hydrogen-bond donors (Lipinski definition) is 2. The smallest absolute Gasteiger partial charge is 0.227 e. The molecule has 0 aliphatic carbocycles. The normalized spacial score (nSPS) is 32.4. The highest BCUT2D eigenvalue weighted by molar-refractivity contribution is 5.80. The number of piperidine rings is 1. The monoisotopic (exact) mass is 269 g/mol. The van der Waals surface area contributed by atoms with E-state index in [2.05, 4.69) is 29.4 Å². The van der Waals surface area contributed by atoms with Crippen molar-refractivity contribution in [2.45, 2.75) is 38.8 Å². The Morgan fingerprint density at radius 3 is 2.95 bits per heavy atom. The van der Waals surface area contributed by atoms with Crippen molar-refractivity contribution in [2.24, 2.45) is 5.92 Å². The average Bonchev–Trinajstić information content (AvgIpc) is 2.88. The fraction of sp³-hybridized carbons (Fsp3) is 0.929. The standard InChI is InChI=1S/C14H27N3O2/c1-3-15-13-10-19-9-12(13)14(18)16-11-6-5-7-17(4-2)8-11/h11-13,15H,3-10H2,1-2H3,(H,16,18). The third-order valence-electron chi connectivity index (χ3n) is 4.18. The van der Waals surface area contributed by atoms with E-state index in [0.29, 0.717) is 19.3 Å². The van der Waals surface area contributed by atoms with Crippen LogP contribution in [0.15, 0.2) is 0 Å². The largest absolute Gasteiger partial charge is 0.379 e. The van der Waals surface area contributed by atoms with Gasteiger partial charge in [0.2, 0.25) is 5.91 Å². The van der Waals surface area contributed by atoms with Gasteiger partial charge in [-0.15, -0.1) is 0 Å². The third-order valence-corrected chi connectivity index (χ3v) is 4.18. The molecule has 0 aromatic heterocycles. The van der Waals surface area contributed by atoms with Crippen molar-refractivity contribution < 1.29 is 9.53 Å². The summed E-state index contributed by atoms with van der Waals surface area (Å²) < 4.78 is 5.44. The fourth-order valence-corrected chi connectivity index (χ4v) is 3.04. The lowest BCUT2D eigenvalue weighted by Gasteiger charge is -2.33. The van der Waals surface area contributed by atoms with Gasteiger partial charge in [-0.05, 0) is 32.5 Å². The van der Waals surface area contributed by atoms with E-state index >= 15 is 0 Å². The summed E-state index contributed by atoms with van der Waals surface area (Å²) in [6.45, 7) is 9.54. The molecular weight excluding hydrogens is 242 g/mol. The van der Waals surface area contributed by atoms with Crippen molar-refractivity contribution in [1.82, 2.24) is 15.5 Å². The maximum atomic E-state index is 12.3. The molecule has 2 fully saturated rings. The molecule has 5 nitrogen and oxygen atoms in total. The Morgan fingerprint density at radius 1 is 1.37 bits per heavy atom. The molecule has 0 radical (unpaired) electrons. The molecule has 0 aromatic carbocycles. The average molecular weight is 269 g/mol. The number of likely N-dealkylation sites (tertiary alicyclic amines) is 1. The highest BCUT2D eigenvalue weighted by atomic mass is 16.5. The second-order valence-electron chi connectivity index (χ2n) is 5.55. The van der Waals surface area contributed by atoms with E-state index in [0.717, 1.165) is 32.6 Å². The van der Waals surface area contributed by atoms with Crippen molar-refractivity contribution in [3.8, 4) is 0 Å². The Balaban J connectivity index is 1.82. The molecule has 3 unspecified atom stereocenters. The molecule has 2 saturated heterocycles. The van der Waals surface area contributed by atoms with Gasteiger partial charge in [0.15, 0.2) is 0 Å². The Kier molecular flexibility index (Phi) is 5.60. The van der Waals surface area contributed by atoms with Gasteiger partial charge in [0.25, 0.3) is 0 Å². The van der Waals surface area contributed by atoms with Gasteiger partial charge < -0.3 is 20.3 Å². The van der Waals surface area contributed by atoms with Crippen molar-refractivity contribution in [2.75, 3.05) is 39.4 Å². The maximum Gasteiger partial charge on any atom is 0.227 e. The number of ether oxygens (including phenoxy) is 1. The van der Waals surface area contributed by atoms with E-state index in [-0.39, 0.29) is 17.9 Å². The van der Waals surface area contributed by atoms with Crippen molar-refractivity contribution >= 4 is 5.91 Å². The van der Waals surface area contributed by atoms with Crippen molar-refractivity contribution in [3.63, 3.8) is 0 Å². The fourth-order valence-electron chi connectivity index (χ4n) is 3.04. The minimum Gasteiger partial charge on any atom is -0.379 e. The van der Waals surface area contributed by atoms with Gasteiger partial charge in [-0.3, -0.25) is 4.79 Å².